The van der Waals surface area contributed by atoms with Crippen molar-refractivity contribution in [3.63, 3.8) is 0 Å². The zero-order chi connectivity index (χ0) is 18.1. The summed E-state index contributed by atoms with van der Waals surface area (Å²) in [7, 11) is -3.54. The lowest BCUT2D eigenvalue weighted by atomic mass is 10.1. The molecule has 1 heterocycles. The van der Waals surface area contributed by atoms with Gasteiger partial charge in [-0.1, -0.05) is 36.4 Å². The van der Waals surface area contributed by atoms with Crippen LogP contribution in [0.3, 0.4) is 0 Å². The van der Waals surface area contributed by atoms with E-state index in [1.165, 1.54) is 11.1 Å². The highest BCUT2D eigenvalue weighted by Gasteiger charge is 2.30. The second kappa shape index (κ2) is 6.57. The van der Waals surface area contributed by atoms with E-state index in [4.69, 9.17) is 0 Å². The van der Waals surface area contributed by atoms with Gasteiger partial charge in [-0.25, -0.2) is 8.42 Å². The molecule has 1 aliphatic heterocycles. The lowest BCUT2D eigenvalue weighted by molar-refractivity contribution is -0.121. The third kappa shape index (κ3) is 3.10. The molecule has 0 saturated carbocycles. The average Bonchev–Trinajstić information content (AvgIpc) is 3.15. The molecule has 0 saturated heterocycles. The lowest BCUT2D eigenvalue weighted by Crippen LogP contribution is -2.28. The molecule has 0 fully saturated rings. The van der Waals surface area contributed by atoms with Crippen molar-refractivity contribution in [3.8, 4) is 0 Å². The first-order chi connectivity index (χ1) is 12.5. The smallest absolute Gasteiger partial charge is 0.263 e. The van der Waals surface area contributed by atoms with E-state index in [-0.39, 0.29) is 29.8 Å². The minimum Gasteiger partial charge on any atom is -0.349 e. The average molecular weight is 369 g/mol. The van der Waals surface area contributed by atoms with Gasteiger partial charge in [-0.2, -0.15) is 0 Å². The fourth-order valence-electron chi connectivity index (χ4n) is 3.49. The molecule has 7 heteroatoms. The van der Waals surface area contributed by atoms with Crippen molar-refractivity contribution in [1.29, 1.82) is 0 Å². The summed E-state index contributed by atoms with van der Waals surface area (Å²) in [6.07, 6.45) is 2.10. The molecule has 1 atom stereocenters. The molecule has 2 N–H and O–H groups in total. The maximum absolute atomic E-state index is 12.2. The predicted molar refractivity (Wildman–Crippen MR) is 98.4 cm³/mol. The minimum absolute atomic E-state index is 0.0528. The molecule has 26 heavy (non-hydrogen) atoms. The number of rotatable bonds is 4. The topological polar surface area (TPSA) is 87.6 Å². The highest BCUT2D eigenvalue weighted by molar-refractivity contribution is 7.90. The second-order valence-corrected chi connectivity index (χ2v) is 8.09. The summed E-state index contributed by atoms with van der Waals surface area (Å²) >= 11 is 0. The van der Waals surface area contributed by atoms with Crippen LogP contribution in [0, 0.1) is 0 Å². The number of aryl methyl sites for hydroxylation is 1. The molecule has 4 rings (SSSR count). The fourth-order valence-corrected chi connectivity index (χ4v) is 4.75. The summed E-state index contributed by atoms with van der Waals surface area (Å²) in [4.78, 5) is 16.7. The molecule has 6 nitrogen and oxygen atoms in total. The summed E-state index contributed by atoms with van der Waals surface area (Å²) in [5.74, 6) is 0.227. The van der Waals surface area contributed by atoms with Crippen LogP contribution in [0.15, 0.2) is 58.4 Å². The molecule has 0 aromatic heterocycles. The SMILES string of the molecule is O=C(CCN=C1NS(=O)(=O)c2ccccc21)NC1CCc2ccccc21. The molecule has 1 amide bonds. The maximum atomic E-state index is 12.2. The molecule has 2 aromatic rings. The van der Waals surface area contributed by atoms with E-state index in [1.807, 2.05) is 12.1 Å². The van der Waals surface area contributed by atoms with Crippen molar-refractivity contribution in [1.82, 2.24) is 10.0 Å². The third-order valence-corrected chi connectivity index (χ3v) is 6.14. The first-order valence-electron chi connectivity index (χ1n) is 8.58. The van der Waals surface area contributed by atoms with Gasteiger partial charge in [0, 0.05) is 12.0 Å². The summed E-state index contributed by atoms with van der Waals surface area (Å²) in [6.45, 7) is 0.229. The second-order valence-electron chi connectivity index (χ2n) is 6.44. The van der Waals surface area contributed by atoms with Gasteiger partial charge in [0.05, 0.1) is 17.5 Å². The van der Waals surface area contributed by atoms with Crippen LogP contribution in [-0.4, -0.2) is 26.7 Å². The number of hydrogen-bond donors (Lipinski definition) is 2. The van der Waals surface area contributed by atoms with Crippen LogP contribution < -0.4 is 10.0 Å². The van der Waals surface area contributed by atoms with Gasteiger partial charge in [-0.15, -0.1) is 0 Å². The van der Waals surface area contributed by atoms with Crippen LogP contribution in [0.4, 0.5) is 0 Å². The van der Waals surface area contributed by atoms with Crippen LogP contribution in [-0.2, 0) is 21.2 Å². The number of amidine groups is 1. The number of nitrogens with zero attached hydrogens (tertiary/aromatic N) is 1. The number of hydrogen-bond acceptors (Lipinski definition) is 4. The number of aliphatic imine (C=N–C) groups is 1. The minimum atomic E-state index is -3.54. The molecular formula is C19H19N3O3S. The largest absolute Gasteiger partial charge is 0.349 e. The summed E-state index contributed by atoms with van der Waals surface area (Å²) in [5, 5.41) is 3.05. The highest BCUT2D eigenvalue weighted by Crippen LogP contribution is 2.30. The van der Waals surface area contributed by atoms with Gasteiger partial charge in [0.15, 0.2) is 0 Å². The van der Waals surface area contributed by atoms with Crippen LogP contribution in [0.1, 0.15) is 35.6 Å². The quantitative estimate of drug-likeness (QED) is 0.863. The van der Waals surface area contributed by atoms with Crippen LogP contribution in [0.5, 0.6) is 0 Å². The monoisotopic (exact) mass is 369 g/mol. The normalized spacial score (nSPS) is 21.1. The number of benzene rings is 2. The van der Waals surface area contributed by atoms with Crippen molar-refractivity contribution in [3.05, 3.63) is 65.2 Å². The van der Waals surface area contributed by atoms with E-state index in [9.17, 15) is 13.2 Å². The van der Waals surface area contributed by atoms with Crippen molar-refractivity contribution < 1.29 is 13.2 Å². The van der Waals surface area contributed by atoms with E-state index in [0.717, 1.165) is 12.8 Å². The number of fused-ring (bicyclic) bond motifs is 2. The van der Waals surface area contributed by atoms with E-state index in [0.29, 0.717) is 11.4 Å². The third-order valence-electron chi connectivity index (χ3n) is 4.74. The van der Waals surface area contributed by atoms with Gasteiger partial charge in [-0.05, 0) is 36.1 Å². The van der Waals surface area contributed by atoms with Gasteiger partial charge in [0.25, 0.3) is 10.0 Å². The van der Waals surface area contributed by atoms with E-state index in [1.54, 1.807) is 24.3 Å². The highest BCUT2D eigenvalue weighted by atomic mass is 32.2. The lowest BCUT2D eigenvalue weighted by Gasteiger charge is -2.13. The number of sulfonamides is 1. The fraction of sp³-hybridized carbons (Fsp3) is 0.263. The maximum Gasteiger partial charge on any atom is 0.263 e. The Balaban J connectivity index is 1.38. The van der Waals surface area contributed by atoms with Gasteiger partial charge in [-0.3, -0.25) is 14.5 Å². The van der Waals surface area contributed by atoms with E-state index < -0.39 is 10.0 Å². The molecule has 0 radical (unpaired) electrons. The van der Waals surface area contributed by atoms with E-state index >= 15 is 0 Å². The first kappa shape index (κ1) is 16.8. The standard InChI is InChI=1S/C19H19N3O3S/c23-18(21-16-10-9-13-5-1-2-6-14(13)16)11-12-20-19-15-7-3-4-8-17(15)26(24,25)22-19/h1-8,16H,9-12H2,(H,20,22)(H,21,23). The Morgan fingerprint density at radius 3 is 2.81 bits per heavy atom. The number of carbonyl (C=O) groups is 1. The Morgan fingerprint density at radius 2 is 1.92 bits per heavy atom. The van der Waals surface area contributed by atoms with E-state index in [2.05, 4.69) is 27.2 Å². The van der Waals surface area contributed by atoms with Crippen molar-refractivity contribution in [2.24, 2.45) is 4.99 Å². The number of nitrogens with one attached hydrogen (secondary N) is 2. The number of amides is 1. The Hall–Kier alpha value is -2.67. The van der Waals surface area contributed by atoms with Crippen molar-refractivity contribution >= 4 is 21.8 Å². The zero-order valence-electron chi connectivity index (χ0n) is 14.1. The molecule has 1 aliphatic carbocycles. The van der Waals surface area contributed by atoms with Crippen LogP contribution >= 0.6 is 0 Å². The summed E-state index contributed by atoms with van der Waals surface area (Å²) < 4.78 is 26.5. The Morgan fingerprint density at radius 1 is 1.15 bits per heavy atom. The van der Waals surface area contributed by atoms with Crippen molar-refractivity contribution in [2.75, 3.05) is 6.54 Å². The molecule has 0 bridgehead atoms. The summed E-state index contributed by atoms with van der Waals surface area (Å²) in [6, 6.07) is 14.9. The zero-order valence-corrected chi connectivity index (χ0v) is 14.9. The van der Waals surface area contributed by atoms with Gasteiger partial charge in [0.2, 0.25) is 5.91 Å². The predicted octanol–water partition coefficient (Wildman–Crippen LogP) is 1.92. The Labute approximate surface area is 152 Å². The van der Waals surface area contributed by atoms with Crippen LogP contribution in [0.25, 0.3) is 0 Å². The van der Waals surface area contributed by atoms with Gasteiger partial charge >= 0.3 is 0 Å². The van der Waals surface area contributed by atoms with Crippen LogP contribution in [0.2, 0.25) is 0 Å². The molecule has 0 spiro atoms. The first-order valence-corrected chi connectivity index (χ1v) is 10.1. The molecular weight excluding hydrogens is 350 g/mol. The Bertz CT molecular complexity index is 999. The number of carbonyl (C=O) groups excluding carboxylic acids is 1. The summed E-state index contributed by atoms with van der Waals surface area (Å²) in [5.41, 5.74) is 3.03. The molecule has 1 unspecified atom stereocenters. The van der Waals surface area contributed by atoms with Crippen molar-refractivity contribution in [2.45, 2.75) is 30.2 Å². The van der Waals surface area contributed by atoms with Gasteiger partial charge < -0.3 is 5.32 Å². The molecule has 2 aliphatic rings. The molecule has 2 aromatic carbocycles. The Kier molecular flexibility index (Phi) is 4.24. The van der Waals surface area contributed by atoms with Gasteiger partial charge in [0.1, 0.15) is 5.84 Å². The molecule has 134 valence electrons.